The number of nitrogen functional groups attached to an aromatic ring is 5. The fourth-order valence-corrected chi connectivity index (χ4v) is 18.4. The number of methoxy groups -OCH3 is 2. The first-order chi connectivity index (χ1) is 63.9. The molecule has 0 amide bonds. The lowest BCUT2D eigenvalue weighted by molar-refractivity contribution is 0.415. The van der Waals surface area contributed by atoms with Crippen LogP contribution in [0, 0.1) is 61.7 Å². The molecule has 13 N–H and O–H groups in total. The summed E-state index contributed by atoms with van der Waals surface area (Å²) >= 11 is 7.69. The van der Waals surface area contributed by atoms with Gasteiger partial charge in [-0.1, -0.05) is 214 Å². The largest absolute Gasteiger partial charge is 0.495 e. The van der Waals surface area contributed by atoms with Gasteiger partial charge in [-0.15, -0.1) is 32.1 Å². The summed E-state index contributed by atoms with van der Waals surface area (Å²) < 4.78 is 10.9. The molecule has 0 atom stereocenters. The Kier molecular flexibility index (Phi) is 26.6. The van der Waals surface area contributed by atoms with E-state index in [1.807, 2.05) is 281 Å². The fraction of sp³-hybridized carbons (Fsp3) is 0.0388. The number of hydrogen-bond donors (Lipinski definition) is 8. The first kappa shape index (κ1) is 87.2. The predicted octanol–water partition coefficient (Wildman–Crippen LogP) is 22.8. The molecule has 11 aromatic heterocycles. The third-order valence-electron chi connectivity index (χ3n) is 20.1. The number of rotatable bonds is 17. The van der Waals surface area contributed by atoms with Gasteiger partial charge >= 0.3 is 0 Å². The number of benzene rings is 9. The van der Waals surface area contributed by atoms with E-state index in [4.69, 9.17) is 80.2 Å². The number of terminal acetylenes is 5. The molecular weight excluding hydrogens is 1720 g/mol. The molecule has 0 aliphatic rings. The van der Waals surface area contributed by atoms with Gasteiger partial charge < -0.3 is 63.9 Å². The summed E-state index contributed by atoms with van der Waals surface area (Å²) in [5.41, 5.74) is 43.1. The Hall–Kier alpha value is -17.3. The maximum Gasteiger partial charge on any atom is 0.163 e. The maximum atomic E-state index is 6.25. The van der Waals surface area contributed by atoms with Crippen molar-refractivity contribution in [3.63, 3.8) is 0 Å². The quantitative estimate of drug-likeness (QED) is 0.0393. The first-order valence-electron chi connectivity index (χ1n) is 40.2. The van der Waals surface area contributed by atoms with Crippen LogP contribution in [0.5, 0.6) is 11.5 Å². The molecule has 0 radical (unpaired) electrons. The van der Waals surface area contributed by atoms with Crippen LogP contribution in [0.1, 0.15) is 27.8 Å². The van der Waals surface area contributed by atoms with E-state index in [0.717, 1.165) is 172 Å². The van der Waals surface area contributed by atoms with Crippen LogP contribution in [0.2, 0.25) is 0 Å². The molecule has 131 heavy (non-hydrogen) atoms. The Morgan fingerprint density at radius 3 is 1.02 bits per heavy atom. The minimum absolute atomic E-state index is 0.436. The average Bonchev–Trinajstić information content (AvgIpc) is 1.64. The number of pyridine rings is 1. The van der Waals surface area contributed by atoms with Gasteiger partial charge in [0.1, 0.15) is 70.6 Å². The lowest BCUT2D eigenvalue weighted by Crippen LogP contribution is -2.08. The predicted molar refractivity (Wildman–Crippen MR) is 545 cm³/mol. The van der Waals surface area contributed by atoms with Crippen LogP contribution in [0.15, 0.2) is 285 Å². The highest BCUT2D eigenvalue weighted by atomic mass is 32.1. The molecule has 9 aromatic carbocycles. The zero-order valence-electron chi connectivity index (χ0n) is 70.6. The fourth-order valence-electron chi connectivity index (χ4n) is 13.5. The van der Waals surface area contributed by atoms with Crippen molar-refractivity contribution >= 4 is 190 Å². The number of anilines is 15. The smallest absolute Gasteiger partial charge is 0.163 e. The van der Waals surface area contributed by atoms with E-state index in [9.17, 15) is 0 Å². The molecule has 0 saturated heterocycles. The molecule has 636 valence electrons. The normalized spacial score (nSPS) is 10.6. The molecule has 0 fully saturated rings. The van der Waals surface area contributed by atoms with Crippen LogP contribution in [0.4, 0.5) is 82.7 Å². The van der Waals surface area contributed by atoms with Crippen molar-refractivity contribution in [2.75, 3.05) is 82.7 Å². The van der Waals surface area contributed by atoms with Crippen molar-refractivity contribution in [1.29, 1.82) is 0 Å². The van der Waals surface area contributed by atoms with Crippen molar-refractivity contribution in [3.05, 3.63) is 313 Å². The molecule has 28 heteroatoms. The van der Waals surface area contributed by atoms with Gasteiger partial charge in [0.2, 0.25) is 0 Å². The summed E-state index contributed by atoms with van der Waals surface area (Å²) in [6.45, 7) is 0. The van der Waals surface area contributed by atoms with Gasteiger partial charge in [-0.2, -0.15) is 0 Å². The second-order valence-electron chi connectivity index (χ2n) is 28.7. The molecule has 0 spiro atoms. The number of hydrogen-bond acceptors (Lipinski definition) is 28. The first-order valence-corrected chi connectivity index (χ1v) is 44.2. The minimum Gasteiger partial charge on any atom is -0.495 e. The molecule has 0 aliphatic heterocycles. The molecule has 0 bridgehead atoms. The summed E-state index contributed by atoms with van der Waals surface area (Å²) in [5.74, 6) is 20.6. The molecule has 0 saturated carbocycles. The second-order valence-corrected chi connectivity index (χ2v) is 33.8. The summed E-state index contributed by atoms with van der Waals surface area (Å²) in [6, 6.07) is 89.2. The van der Waals surface area contributed by atoms with Crippen molar-refractivity contribution in [2.24, 2.45) is 0 Å². The number of aromatic nitrogens is 11. The Bertz CT molecular complexity index is 7660. The standard InChI is InChI=1S/C22H18N4OS.C21H16N4OS.C21H16N4S.C20H14N4S.C19H13N5S/c1-4-14-8-7-9-15(12-14)21-24-20(23)16-13-19(28-22(16)25-21)26(2)17-10-5-6-11-18(17)27-3;1-3-13-7-6-8-14(11-13)20-24-19(22)15-12-18(27-21(15)25-20)23-16-9-4-5-10-17(16)26-2;1-3-14-8-7-9-15(12-14)20-23-19(22)17-13-18(26-21(17)24-20)25(2)16-10-5-4-6-11-16;1-2-13-7-6-8-14(11-13)19-23-18(21)16-12-17(25-20(16)24-19)22-15-9-4-3-5-10-15;1-2-12-6-5-7-13(10-12)18-23-17(20)14-11-16(25-19(14)24-18)22-15-8-3-4-9-21-15/h1,5-13H,2-3H3,(H2,23,24,25);1,4-12,23H,2H3,(H2,22,24,25);1,4-13H,2H3,(H2,22,23,24);1,3-12,22H,(H2,21,23,24);1,3-11H,(H,21,22)(H2,20,23,24). The number of nitrogens with one attached hydrogen (secondary N) is 3. The van der Waals surface area contributed by atoms with Gasteiger partial charge in [0.15, 0.2) is 29.1 Å². The van der Waals surface area contributed by atoms with Gasteiger partial charge in [0.25, 0.3) is 0 Å². The molecule has 23 nitrogen and oxygen atoms in total. The Balaban J connectivity index is 0.000000120. The second kappa shape index (κ2) is 39.9. The van der Waals surface area contributed by atoms with Crippen molar-refractivity contribution in [2.45, 2.75) is 0 Å². The van der Waals surface area contributed by atoms with Crippen LogP contribution in [0.3, 0.4) is 0 Å². The number of thiophene rings is 5. The number of nitrogens with two attached hydrogens (primary N) is 5. The highest BCUT2D eigenvalue weighted by Crippen LogP contribution is 2.44. The lowest BCUT2D eigenvalue weighted by Gasteiger charge is -2.19. The summed E-state index contributed by atoms with van der Waals surface area (Å²) in [5, 5.41) is 19.0. The molecule has 20 aromatic rings. The molecule has 0 aliphatic carbocycles. The van der Waals surface area contributed by atoms with E-state index < -0.39 is 0 Å². The van der Waals surface area contributed by atoms with Gasteiger partial charge in [0.05, 0.1) is 77.5 Å². The average molecular weight is 1800 g/mol. The van der Waals surface area contributed by atoms with Crippen LogP contribution < -0.4 is 63.9 Å². The third kappa shape index (κ3) is 20.3. The number of ether oxygens (including phenoxy) is 2. The summed E-state index contributed by atoms with van der Waals surface area (Å²) in [6.07, 6.45) is 29.2. The van der Waals surface area contributed by atoms with Crippen molar-refractivity contribution in [3.8, 4) is 130 Å². The maximum absolute atomic E-state index is 6.25. The van der Waals surface area contributed by atoms with E-state index >= 15 is 0 Å². The van der Waals surface area contributed by atoms with E-state index in [1.165, 1.54) is 22.7 Å². The minimum atomic E-state index is 0.436. The number of nitrogens with zero attached hydrogens (tertiary/aromatic N) is 13. The van der Waals surface area contributed by atoms with Crippen molar-refractivity contribution in [1.82, 2.24) is 54.8 Å². The summed E-state index contributed by atoms with van der Waals surface area (Å²) in [7, 11) is 7.33. The van der Waals surface area contributed by atoms with Crippen molar-refractivity contribution < 1.29 is 9.47 Å². The van der Waals surface area contributed by atoms with Crippen LogP contribution in [-0.4, -0.2) is 83.1 Å². The van der Waals surface area contributed by atoms with E-state index in [1.54, 1.807) is 54.4 Å². The van der Waals surface area contributed by atoms with E-state index in [0.29, 0.717) is 58.2 Å². The van der Waals surface area contributed by atoms with Gasteiger partial charge in [-0.25, -0.2) is 54.8 Å². The number of para-hydroxylation sites is 6. The Morgan fingerprint density at radius 1 is 0.305 bits per heavy atom. The van der Waals surface area contributed by atoms with E-state index in [2.05, 4.69) is 112 Å². The highest BCUT2D eigenvalue weighted by Gasteiger charge is 2.21. The van der Waals surface area contributed by atoms with Gasteiger partial charge in [0, 0.05) is 87.3 Å². The van der Waals surface area contributed by atoms with Crippen LogP contribution >= 0.6 is 56.7 Å². The third-order valence-corrected chi connectivity index (χ3v) is 25.1. The lowest BCUT2D eigenvalue weighted by atomic mass is 10.1. The molecule has 20 rings (SSSR count). The topological polar surface area (TPSA) is 333 Å². The Labute approximate surface area is 774 Å². The molecule has 0 unspecified atom stereocenters. The van der Waals surface area contributed by atoms with Gasteiger partial charge in [-0.3, -0.25) is 0 Å². The zero-order valence-corrected chi connectivity index (χ0v) is 74.7. The SMILES string of the molecule is C#Cc1cccc(-c2nc(N)c3cc(N(C)c4ccccc4)sc3n2)c1.C#Cc1cccc(-c2nc(N)c3cc(N(C)c4ccccc4OC)sc3n2)c1.C#Cc1cccc(-c2nc(N)c3cc(Nc4ccccc4)sc3n2)c1.C#Cc1cccc(-c2nc(N)c3cc(Nc4ccccc4OC)sc3n2)c1.C#Cc1cccc(-c2nc(N)c3cc(Nc4ccccn4)sc3n2)c1. The van der Waals surface area contributed by atoms with Crippen LogP contribution in [-0.2, 0) is 0 Å². The zero-order chi connectivity index (χ0) is 91.0. The van der Waals surface area contributed by atoms with Gasteiger partial charge in [-0.05, 0) is 152 Å². The van der Waals surface area contributed by atoms with E-state index in [-0.39, 0.29) is 0 Å². The van der Waals surface area contributed by atoms with Crippen LogP contribution in [0.25, 0.3) is 108 Å². The molecular formula is C103H77N21O2S5. The summed E-state index contributed by atoms with van der Waals surface area (Å²) in [4.78, 5) is 58.3. The Morgan fingerprint density at radius 2 is 0.634 bits per heavy atom. The number of fused-ring (bicyclic) bond motifs is 5. The monoisotopic (exact) mass is 1800 g/mol. The molecule has 11 heterocycles. The highest BCUT2D eigenvalue weighted by molar-refractivity contribution is 7.24.